The lowest BCUT2D eigenvalue weighted by Crippen LogP contribution is -2.35. The first-order valence-corrected chi connectivity index (χ1v) is 6.50. The van der Waals surface area contributed by atoms with Crippen molar-refractivity contribution in [2.45, 2.75) is 0 Å². The van der Waals surface area contributed by atoms with Crippen LogP contribution < -0.4 is 5.32 Å². The molecule has 106 valence electrons. The number of anilines is 1. The van der Waals surface area contributed by atoms with Gasteiger partial charge in [0.25, 0.3) is 5.69 Å². The predicted octanol–water partition coefficient (Wildman–Crippen LogP) is 3.62. The number of hydrogen-bond acceptors (Lipinski definition) is 3. The van der Waals surface area contributed by atoms with E-state index in [1.165, 1.54) is 18.2 Å². The fourth-order valence-electron chi connectivity index (χ4n) is 1.47. The maximum absolute atomic E-state index is 10.8. The number of hydrogen-bond donors (Lipinski definition) is 1. The van der Waals surface area contributed by atoms with Crippen molar-refractivity contribution in [3.8, 4) is 0 Å². The van der Waals surface area contributed by atoms with Crippen LogP contribution in [0.4, 0.5) is 11.4 Å². The summed E-state index contributed by atoms with van der Waals surface area (Å²) in [5.74, 6) is 0. The SMILES string of the molecule is C=CCN(CC=C)C(=S)Nc1cc([N+](=O)[O-])ccc1Cl. The van der Waals surface area contributed by atoms with E-state index in [0.29, 0.717) is 28.9 Å². The first kappa shape index (κ1) is 16.1. The van der Waals surface area contributed by atoms with Gasteiger partial charge in [-0.05, 0) is 18.3 Å². The second-order valence-corrected chi connectivity index (χ2v) is 4.63. The van der Waals surface area contributed by atoms with Crippen molar-refractivity contribution in [1.29, 1.82) is 0 Å². The van der Waals surface area contributed by atoms with Gasteiger partial charge in [0.1, 0.15) is 0 Å². The molecule has 0 fully saturated rings. The number of nitro groups is 1. The van der Waals surface area contributed by atoms with Gasteiger partial charge in [-0.3, -0.25) is 10.1 Å². The smallest absolute Gasteiger partial charge is 0.271 e. The van der Waals surface area contributed by atoms with Gasteiger partial charge in [-0.25, -0.2) is 0 Å². The molecule has 1 aromatic carbocycles. The molecule has 0 spiro atoms. The largest absolute Gasteiger partial charge is 0.342 e. The van der Waals surface area contributed by atoms with Crippen LogP contribution >= 0.6 is 23.8 Å². The average Bonchev–Trinajstić information content (AvgIpc) is 2.40. The molecule has 0 saturated heterocycles. The molecule has 0 saturated carbocycles. The highest BCUT2D eigenvalue weighted by Gasteiger charge is 2.13. The third kappa shape index (κ3) is 4.32. The third-order valence-electron chi connectivity index (χ3n) is 2.39. The van der Waals surface area contributed by atoms with Crippen molar-refractivity contribution < 1.29 is 4.92 Å². The number of nitrogens with one attached hydrogen (secondary N) is 1. The molecule has 1 rings (SSSR count). The molecule has 0 heterocycles. The molecule has 7 heteroatoms. The number of benzene rings is 1. The van der Waals surface area contributed by atoms with Gasteiger partial charge in [0, 0.05) is 25.2 Å². The van der Waals surface area contributed by atoms with E-state index in [1.54, 1.807) is 17.1 Å². The van der Waals surface area contributed by atoms with E-state index in [0.717, 1.165) is 0 Å². The minimum Gasteiger partial charge on any atom is -0.342 e. The fraction of sp³-hybridized carbons (Fsp3) is 0.154. The highest BCUT2D eigenvalue weighted by Crippen LogP contribution is 2.26. The van der Waals surface area contributed by atoms with Gasteiger partial charge in [-0.1, -0.05) is 23.8 Å². The van der Waals surface area contributed by atoms with E-state index in [9.17, 15) is 10.1 Å². The van der Waals surface area contributed by atoms with Crippen molar-refractivity contribution in [2.75, 3.05) is 18.4 Å². The average molecular weight is 312 g/mol. The van der Waals surface area contributed by atoms with Gasteiger partial charge in [0.15, 0.2) is 5.11 Å². The van der Waals surface area contributed by atoms with Gasteiger partial charge in [0.2, 0.25) is 0 Å². The zero-order chi connectivity index (χ0) is 15.1. The van der Waals surface area contributed by atoms with Crippen LogP contribution in [0, 0.1) is 10.1 Å². The summed E-state index contributed by atoms with van der Waals surface area (Å²) in [5, 5.41) is 14.4. The normalized spacial score (nSPS) is 9.65. The number of nitro benzene ring substituents is 1. The number of thiocarbonyl (C=S) groups is 1. The quantitative estimate of drug-likeness (QED) is 0.376. The van der Waals surface area contributed by atoms with Crippen molar-refractivity contribution in [3.63, 3.8) is 0 Å². The van der Waals surface area contributed by atoms with E-state index in [4.69, 9.17) is 23.8 Å². The van der Waals surface area contributed by atoms with Crippen molar-refractivity contribution >= 4 is 40.3 Å². The Balaban J connectivity index is 2.93. The Morgan fingerprint density at radius 3 is 2.55 bits per heavy atom. The predicted molar refractivity (Wildman–Crippen MR) is 86.3 cm³/mol. The van der Waals surface area contributed by atoms with E-state index < -0.39 is 4.92 Å². The molecule has 0 atom stereocenters. The summed E-state index contributed by atoms with van der Waals surface area (Å²) in [7, 11) is 0. The molecule has 0 aliphatic carbocycles. The molecule has 0 aliphatic rings. The summed E-state index contributed by atoms with van der Waals surface area (Å²) >= 11 is 11.2. The lowest BCUT2D eigenvalue weighted by molar-refractivity contribution is -0.384. The first-order chi connectivity index (χ1) is 9.49. The van der Waals surface area contributed by atoms with Crippen LogP contribution in [0.3, 0.4) is 0 Å². The number of nitrogens with zero attached hydrogens (tertiary/aromatic N) is 2. The Kier molecular flexibility index (Phi) is 6.14. The highest BCUT2D eigenvalue weighted by molar-refractivity contribution is 7.80. The highest BCUT2D eigenvalue weighted by atomic mass is 35.5. The Morgan fingerprint density at radius 2 is 2.05 bits per heavy atom. The van der Waals surface area contributed by atoms with E-state index >= 15 is 0 Å². The Bertz CT molecular complexity index is 538. The van der Waals surface area contributed by atoms with Crippen molar-refractivity contribution in [1.82, 2.24) is 4.90 Å². The van der Waals surface area contributed by atoms with E-state index in [-0.39, 0.29) is 5.69 Å². The molecule has 0 aliphatic heterocycles. The summed E-state index contributed by atoms with van der Waals surface area (Å²) in [5.41, 5.74) is 0.336. The second kappa shape index (κ2) is 7.62. The topological polar surface area (TPSA) is 58.4 Å². The number of non-ortho nitro benzene ring substituents is 1. The van der Waals surface area contributed by atoms with Crippen molar-refractivity contribution in [3.05, 3.63) is 58.6 Å². The molecule has 0 aromatic heterocycles. The molecule has 0 radical (unpaired) electrons. The van der Waals surface area contributed by atoms with Crippen LogP contribution in [0.5, 0.6) is 0 Å². The minimum atomic E-state index is -0.490. The number of rotatable bonds is 6. The molecule has 5 nitrogen and oxygen atoms in total. The third-order valence-corrected chi connectivity index (χ3v) is 3.08. The van der Waals surface area contributed by atoms with Crippen LogP contribution in [0.1, 0.15) is 0 Å². The Morgan fingerprint density at radius 1 is 1.45 bits per heavy atom. The zero-order valence-corrected chi connectivity index (χ0v) is 12.3. The molecule has 0 bridgehead atoms. The maximum Gasteiger partial charge on any atom is 0.271 e. The lowest BCUT2D eigenvalue weighted by atomic mass is 10.3. The van der Waals surface area contributed by atoms with Gasteiger partial charge in [-0.2, -0.15) is 0 Å². The monoisotopic (exact) mass is 311 g/mol. The molecule has 20 heavy (non-hydrogen) atoms. The summed E-state index contributed by atoms with van der Waals surface area (Å²) < 4.78 is 0. The molecule has 0 amide bonds. The van der Waals surface area contributed by atoms with Crippen LogP contribution in [0.15, 0.2) is 43.5 Å². The second-order valence-electron chi connectivity index (χ2n) is 3.83. The van der Waals surface area contributed by atoms with Gasteiger partial charge < -0.3 is 10.2 Å². The molecular formula is C13H14ClN3O2S. The molecular weight excluding hydrogens is 298 g/mol. The lowest BCUT2D eigenvalue weighted by Gasteiger charge is -2.23. The van der Waals surface area contributed by atoms with Crippen LogP contribution in [-0.4, -0.2) is 28.0 Å². The summed E-state index contributed by atoms with van der Waals surface area (Å²) in [6, 6.07) is 4.13. The maximum atomic E-state index is 10.8. The fourth-order valence-corrected chi connectivity index (χ4v) is 1.89. The summed E-state index contributed by atoms with van der Waals surface area (Å²) in [6.45, 7) is 8.36. The Hall–Kier alpha value is -1.92. The summed E-state index contributed by atoms with van der Waals surface area (Å²) in [6.07, 6.45) is 3.40. The van der Waals surface area contributed by atoms with E-state index in [2.05, 4.69) is 18.5 Å². The van der Waals surface area contributed by atoms with Gasteiger partial charge in [0.05, 0.1) is 15.6 Å². The van der Waals surface area contributed by atoms with Gasteiger partial charge >= 0.3 is 0 Å². The van der Waals surface area contributed by atoms with Crippen molar-refractivity contribution in [2.24, 2.45) is 0 Å². The zero-order valence-electron chi connectivity index (χ0n) is 10.7. The molecule has 1 aromatic rings. The van der Waals surface area contributed by atoms with Crippen LogP contribution in [0.25, 0.3) is 0 Å². The number of halogens is 1. The Labute approximate surface area is 127 Å². The first-order valence-electron chi connectivity index (χ1n) is 5.71. The standard InChI is InChI=1S/C13H14ClN3O2S/c1-3-7-16(8-4-2)13(20)15-12-9-10(17(18)19)5-6-11(12)14/h3-6,9H,1-2,7-8H2,(H,15,20). The molecule has 0 unspecified atom stereocenters. The van der Waals surface area contributed by atoms with E-state index in [1.807, 2.05) is 0 Å². The van der Waals surface area contributed by atoms with Gasteiger partial charge in [-0.15, -0.1) is 13.2 Å². The summed E-state index contributed by atoms with van der Waals surface area (Å²) in [4.78, 5) is 12.1. The molecule has 1 N–H and O–H groups in total. The minimum absolute atomic E-state index is 0.0568. The van der Waals surface area contributed by atoms with Crippen LogP contribution in [0.2, 0.25) is 5.02 Å². The van der Waals surface area contributed by atoms with Crippen LogP contribution in [-0.2, 0) is 0 Å².